The molecule has 25 heavy (non-hydrogen) atoms. The van der Waals surface area contributed by atoms with Gasteiger partial charge in [0.15, 0.2) is 0 Å². The lowest BCUT2D eigenvalue weighted by atomic mass is 9.85. The number of thioether (sulfide) groups is 1. The van der Waals surface area contributed by atoms with Crippen molar-refractivity contribution in [3.8, 4) is 0 Å². The molecule has 3 heteroatoms. The molecule has 0 amide bonds. The molecule has 1 aliphatic rings. The summed E-state index contributed by atoms with van der Waals surface area (Å²) in [6.07, 6.45) is 8.49. The summed E-state index contributed by atoms with van der Waals surface area (Å²) in [5, 5.41) is 2.08. The number of nitrogens with zero attached hydrogens (tertiary/aromatic N) is 1. The molecule has 1 aliphatic carbocycles. The number of hydrogen-bond donors (Lipinski definition) is 0. The maximum absolute atomic E-state index is 13.0. The summed E-state index contributed by atoms with van der Waals surface area (Å²) in [4.78, 5) is 5.96. The second-order valence-corrected chi connectivity index (χ2v) is 7.56. The topological polar surface area (TPSA) is 12.4 Å². The third kappa shape index (κ3) is 5.57. The highest BCUT2D eigenvalue weighted by Crippen LogP contribution is 2.28. The van der Waals surface area contributed by atoms with Crippen LogP contribution in [0.5, 0.6) is 0 Å². The smallest absolute Gasteiger partial charge is 0.123 e. The predicted molar refractivity (Wildman–Crippen MR) is 106 cm³/mol. The minimum atomic E-state index is -0.197. The lowest BCUT2D eigenvalue weighted by Crippen LogP contribution is -2.15. The third-order valence-corrected chi connectivity index (χ3v) is 5.39. The fraction of sp³-hybridized carbons (Fsp3) is 0.318. The molecule has 0 aromatic heterocycles. The van der Waals surface area contributed by atoms with Crippen molar-refractivity contribution in [1.82, 2.24) is 0 Å². The Hall–Kier alpha value is -1.87. The molecule has 2 aromatic carbocycles. The van der Waals surface area contributed by atoms with Gasteiger partial charge in [0, 0.05) is 16.5 Å². The Labute approximate surface area is 154 Å². The van der Waals surface area contributed by atoms with Crippen LogP contribution in [0.2, 0.25) is 0 Å². The molecule has 2 aromatic rings. The first kappa shape index (κ1) is 17.9. The molecule has 130 valence electrons. The van der Waals surface area contributed by atoms with Gasteiger partial charge in [0.1, 0.15) is 5.82 Å². The van der Waals surface area contributed by atoms with Crippen molar-refractivity contribution in [2.24, 2.45) is 10.9 Å². The lowest BCUT2D eigenvalue weighted by Gasteiger charge is -2.21. The van der Waals surface area contributed by atoms with Crippen LogP contribution in [-0.2, 0) is 0 Å². The van der Waals surface area contributed by atoms with Gasteiger partial charge < -0.3 is 0 Å². The molecule has 1 saturated carbocycles. The molecule has 0 N–H and O–H groups in total. The summed E-state index contributed by atoms with van der Waals surface area (Å²) in [5.74, 6) is 0.345. The van der Waals surface area contributed by atoms with Gasteiger partial charge in [0.05, 0.1) is 5.69 Å². The van der Waals surface area contributed by atoms with Gasteiger partial charge in [0.25, 0.3) is 0 Å². The van der Waals surface area contributed by atoms with E-state index in [9.17, 15) is 4.39 Å². The van der Waals surface area contributed by atoms with Crippen LogP contribution in [-0.4, -0.2) is 5.71 Å². The highest BCUT2D eigenvalue weighted by molar-refractivity contribution is 8.02. The van der Waals surface area contributed by atoms with Crippen molar-refractivity contribution in [2.75, 3.05) is 0 Å². The molecule has 0 spiro atoms. The van der Waals surface area contributed by atoms with Crippen LogP contribution in [0.1, 0.15) is 37.7 Å². The quantitative estimate of drug-likeness (QED) is 0.413. The van der Waals surface area contributed by atoms with Gasteiger partial charge in [-0.15, -0.1) is 0 Å². The highest BCUT2D eigenvalue weighted by atomic mass is 32.2. The maximum Gasteiger partial charge on any atom is 0.123 e. The zero-order valence-electron chi connectivity index (χ0n) is 14.6. The van der Waals surface area contributed by atoms with Crippen LogP contribution in [0.15, 0.2) is 69.9 Å². The summed E-state index contributed by atoms with van der Waals surface area (Å²) < 4.78 is 13.0. The van der Waals surface area contributed by atoms with Crippen LogP contribution in [0.3, 0.4) is 0 Å². The summed E-state index contributed by atoms with van der Waals surface area (Å²) in [6.45, 7) is 2.09. The third-order valence-electron chi connectivity index (χ3n) is 4.57. The normalized spacial score (nSPS) is 16.5. The molecule has 0 unspecified atom stereocenters. The van der Waals surface area contributed by atoms with E-state index in [1.54, 1.807) is 11.8 Å². The van der Waals surface area contributed by atoms with Crippen LogP contribution in [0.4, 0.5) is 10.1 Å². The van der Waals surface area contributed by atoms with Gasteiger partial charge in [-0.05, 0) is 67.6 Å². The van der Waals surface area contributed by atoms with E-state index < -0.39 is 0 Å². The van der Waals surface area contributed by atoms with Crippen molar-refractivity contribution in [3.05, 3.63) is 71.4 Å². The average molecular weight is 354 g/mol. The van der Waals surface area contributed by atoms with Gasteiger partial charge in [-0.1, -0.05) is 48.7 Å². The highest BCUT2D eigenvalue weighted by Gasteiger charge is 2.17. The largest absolute Gasteiger partial charge is 0.253 e. The standard InChI is InChI=1S/C22H24FNS/c1-17-7-11-20(12-8-17)24-22(18-5-3-2-4-6-18)15-16-25-21-13-9-19(23)10-14-21/h7-16,18H,2-6H2,1H3/b16-15+,24-22?. The second kappa shape index (κ2) is 9.00. The van der Waals surface area contributed by atoms with Crippen molar-refractivity contribution in [2.45, 2.75) is 43.9 Å². The van der Waals surface area contributed by atoms with Gasteiger partial charge in [-0.2, -0.15) is 0 Å². The van der Waals surface area contributed by atoms with Gasteiger partial charge in [-0.3, -0.25) is 4.99 Å². The van der Waals surface area contributed by atoms with Crippen LogP contribution in [0.25, 0.3) is 0 Å². The van der Waals surface area contributed by atoms with Crippen LogP contribution in [0, 0.1) is 18.7 Å². The van der Waals surface area contributed by atoms with E-state index in [1.807, 2.05) is 12.1 Å². The van der Waals surface area contributed by atoms with Gasteiger partial charge >= 0.3 is 0 Å². The minimum Gasteiger partial charge on any atom is -0.253 e. The number of allylic oxidation sites excluding steroid dienone is 1. The molecule has 3 rings (SSSR count). The second-order valence-electron chi connectivity index (χ2n) is 6.58. The molecule has 0 saturated heterocycles. The van der Waals surface area contributed by atoms with Crippen molar-refractivity contribution in [1.29, 1.82) is 0 Å². The molecule has 0 heterocycles. The molecule has 1 fully saturated rings. The molecule has 0 aliphatic heterocycles. The summed E-state index contributed by atoms with van der Waals surface area (Å²) in [5.41, 5.74) is 3.43. The lowest BCUT2D eigenvalue weighted by molar-refractivity contribution is 0.440. The summed E-state index contributed by atoms with van der Waals surface area (Å²) >= 11 is 1.61. The zero-order valence-corrected chi connectivity index (χ0v) is 15.4. The van der Waals surface area contributed by atoms with E-state index in [0.29, 0.717) is 5.92 Å². The van der Waals surface area contributed by atoms with Crippen LogP contribution < -0.4 is 0 Å². The average Bonchev–Trinajstić information content (AvgIpc) is 2.65. The van der Waals surface area contributed by atoms with Gasteiger partial charge in [0.2, 0.25) is 0 Å². The van der Waals surface area contributed by atoms with E-state index in [4.69, 9.17) is 4.99 Å². The molecular weight excluding hydrogens is 329 g/mol. The number of aryl methyl sites for hydroxylation is 1. The number of benzene rings is 2. The van der Waals surface area contributed by atoms with Crippen LogP contribution >= 0.6 is 11.8 Å². The maximum atomic E-state index is 13.0. The molecule has 0 atom stereocenters. The fourth-order valence-corrected chi connectivity index (χ4v) is 3.78. The number of halogens is 1. The molecule has 0 radical (unpaired) electrons. The Morgan fingerprint density at radius 2 is 1.68 bits per heavy atom. The number of aliphatic imine (C=N–C) groups is 1. The molecular formula is C22H24FNS. The van der Waals surface area contributed by atoms with E-state index >= 15 is 0 Å². The Morgan fingerprint density at radius 1 is 1.00 bits per heavy atom. The minimum absolute atomic E-state index is 0.197. The van der Waals surface area contributed by atoms with E-state index in [1.165, 1.54) is 49.8 Å². The van der Waals surface area contributed by atoms with E-state index in [0.717, 1.165) is 16.3 Å². The Balaban J connectivity index is 1.76. The Morgan fingerprint density at radius 3 is 2.36 bits per heavy atom. The first-order chi connectivity index (χ1) is 12.2. The first-order valence-corrected chi connectivity index (χ1v) is 9.83. The molecule has 1 nitrogen and oxygen atoms in total. The fourth-order valence-electron chi connectivity index (χ4n) is 3.13. The predicted octanol–water partition coefficient (Wildman–Crippen LogP) is 7.09. The van der Waals surface area contributed by atoms with E-state index in [2.05, 4.69) is 42.7 Å². The van der Waals surface area contributed by atoms with E-state index in [-0.39, 0.29) is 5.82 Å². The van der Waals surface area contributed by atoms with Crippen molar-refractivity contribution >= 4 is 23.2 Å². The number of hydrogen-bond acceptors (Lipinski definition) is 2. The molecule has 0 bridgehead atoms. The van der Waals surface area contributed by atoms with Gasteiger partial charge in [-0.25, -0.2) is 4.39 Å². The van der Waals surface area contributed by atoms with Crippen molar-refractivity contribution < 1.29 is 4.39 Å². The monoisotopic (exact) mass is 353 g/mol. The Kier molecular flexibility index (Phi) is 6.46. The summed E-state index contributed by atoms with van der Waals surface area (Å²) in [6, 6.07) is 15.0. The van der Waals surface area contributed by atoms with Crippen molar-refractivity contribution in [3.63, 3.8) is 0 Å². The Bertz CT molecular complexity index is 726. The first-order valence-electron chi connectivity index (χ1n) is 8.95. The summed E-state index contributed by atoms with van der Waals surface area (Å²) in [7, 11) is 0. The number of rotatable bonds is 5. The SMILES string of the molecule is Cc1ccc(N=C(/C=C/Sc2ccc(F)cc2)C2CCCCC2)cc1. The zero-order chi connectivity index (χ0) is 17.5.